The maximum absolute atomic E-state index is 12.8. The van der Waals surface area contributed by atoms with Crippen LogP contribution in [-0.2, 0) is 6.54 Å². The van der Waals surface area contributed by atoms with Gasteiger partial charge in [0.25, 0.3) is 5.91 Å². The molecule has 2 N–H and O–H groups in total. The van der Waals surface area contributed by atoms with Crippen LogP contribution < -0.4 is 0 Å². The Balaban J connectivity index is 1.70. The lowest BCUT2D eigenvalue weighted by Crippen LogP contribution is -2.39. The number of aromatic amines is 1. The van der Waals surface area contributed by atoms with E-state index in [0.717, 1.165) is 17.0 Å². The molecule has 0 fully saturated rings. The first-order valence-electron chi connectivity index (χ1n) is 7.74. The lowest BCUT2D eigenvalue weighted by molar-refractivity contribution is 0.0716. The number of hydrogen-bond acceptors (Lipinski definition) is 4. The molecule has 1 aliphatic heterocycles. The van der Waals surface area contributed by atoms with E-state index in [9.17, 15) is 9.90 Å². The Labute approximate surface area is 138 Å². The van der Waals surface area contributed by atoms with Crippen molar-refractivity contribution in [2.45, 2.75) is 12.5 Å². The van der Waals surface area contributed by atoms with Crippen LogP contribution in [0.2, 0.25) is 0 Å². The fraction of sp³-hybridized carbons (Fsp3) is 0.167. The fourth-order valence-electron chi connectivity index (χ4n) is 3.13. The van der Waals surface area contributed by atoms with E-state index in [1.807, 2.05) is 6.07 Å². The van der Waals surface area contributed by atoms with Gasteiger partial charge in [0.05, 0.1) is 24.3 Å². The number of benzene rings is 1. The molecule has 4 rings (SSSR count). The van der Waals surface area contributed by atoms with E-state index < -0.39 is 0 Å². The number of nitrogens with zero attached hydrogens (tertiary/aromatic N) is 3. The second-order valence-electron chi connectivity index (χ2n) is 5.81. The molecule has 3 heterocycles. The van der Waals surface area contributed by atoms with Crippen LogP contribution in [0.3, 0.4) is 0 Å². The zero-order valence-corrected chi connectivity index (χ0v) is 12.9. The maximum atomic E-state index is 12.8. The Kier molecular flexibility index (Phi) is 3.49. The van der Waals surface area contributed by atoms with Gasteiger partial charge in [-0.3, -0.25) is 9.78 Å². The SMILES string of the molecule is O=C(c1ccccn1)N1Cc2[nH]cnc2C(c2cccc(O)c2)C1. The van der Waals surface area contributed by atoms with Crippen LogP contribution in [0.1, 0.15) is 33.4 Å². The molecule has 1 atom stereocenters. The average molecular weight is 320 g/mol. The molecule has 120 valence electrons. The van der Waals surface area contributed by atoms with Crippen molar-refractivity contribution in [3.05, 3.63) is 77.6 Å². The summed E-state index contributed by atoms with van der Waals surface area (Å²) in [5.41, 5.74) is 3.20. The summed E-state index contributed by atoms with van der Waals surface area (Å²) in [6.45, 7) is 0.969. The number of aromatic nitrogens is 3. The van der Waals surface area contributed by atoms with E-state index in [2.05, 4.69) is 15.0 Å². The van der Waals surface area contributed by atoms with Crippen LogP contribution in [-0.4, -0.2) is 37.4 Å². The summed E-state index contributed by atoms with van der Waals surface area (Å²) in [5, 5.41) is 9.78. The molecule has 6 heteroatoms. The number of phenols is 1. The number of fused-ring (bicyclic) bond motifs is 1. The molecule has 1 unspecified atom stereocenters. The van der Waals surface area contributed by atoms with Gasteiger partial charge in [-0.2, -0.15) is 0 Å². The van der Waals surface area contributed by atoms with Crippen LogP contribution in [0.25, 0.3) is 0 Å². The summed E-state index contributed by atoms with van der Waals surface area (Å²) in [6.07, 6.45) is 3.26. The number of nitrogens with one attached hydrogen (secondary N) is 1. The Hall–Kier alpha value is -3.15. The highest BCUT2D eigenvalue weighted by atomic mass is 16.3. The summed E-state index contributed by atoms with van der Waals surface area (Å²) < 4.78 is 0. The van der Waals surface area contributed by atoms with Crippen LogP contribution >= 0.6 is 0 Å². The van der Waals surface area contributed by atoms with Gasteiger partial charge in [-0.05, 0) is 29.8 Å². The summed E-state index contributed by atoms with van der Waals surface area (Å²) >= 11 is 0. The van der Waals surface area contributed by atoms with E-state index in [1.54, 1.807) is 53.8 Å². The quantitative estimate of drug-likeness (QED) is 0.759. The highest BCUT2D eigenvalue weighted by Crippen LogP contribution is 2.33. The molecule has 0 spiro atoms. The Morgan fingerprint density at radius 1 is 1.21 bits per heavy atom. The number of imidazole rings is 1. The van der Waals surface area contributed by atoms with Gasteiger partial charge in [0.2, 0.25) is 0 Å². The van der Waals surface area contributed by atoms with Crippen LogP contribution in [0.4, 0.5) is 0 Å². The minimum atomic E-state index is -0.110. The first-order chi connectivity index (χ1) is 11.7. The van der Waals surface area contributed by atoms with Crippen LogP contribution in [0.15, 0.2) is 55.0 Å². The zero-order chi connectivity index (χ0) is 16.5. The smallest absolute Gasteiger partial charge is 0.272 e. The standard InChI is InChI=1S/C18H16N4O2/c23-13-5-3-4-12(8-13)14-9-22(10-16-17(14)21-11-20-16)18(24)15-6-1-2-7-19-15/h1-8,11,14,23H,9-10H2,(H,20,21). The molecule has 6 nitrogen and oxygen atoms in total. The van der Waals surface area contributed by atoms with Gasteiger partial charge >= 0.3 is 0 Å². The number of pyridine rings is 1. The van der Waals surface area contributed by atoms with E-state index in [-0.39, 0.29) is 17.6 Å². The molecule has 2 aromatic heterocycles. The lowest BCUT2D eigenvalue weighted by atomic mass is 9.90. The van der Waals surface area contributed by atoms with Crippen molar-refractivity contribution in [2.75, 3.05) is 6.54 Å². The molecule has 24 heavy (non-hydrogen) atoms. The molecule has 1 amide bonds. The van der Waals surface area contributed by atoms with Crippen molar-refractivity contribution in [1.82, 2.24) is 19.9 Å². The molecular formula is C18H16N4O2. The normalized spacial score (nSPS) is 16.7. The van der Waals surface area contributed by atoms with Crippen LogP contribution in [0.5, 0.6) is 5.75 Å². The Bertz CT molecular complexity index is 875. The highest BCUT2D eigenvalue weighted by molar-refractivity contribution is 5.92. The predicted octanol–water partition coefficient (Wildman–Crippen LogP) is 2.30. The van der Waals surface area contributed by atoms with E-state index in [1.165, 1.54) is 0 Å². The first-order valence-corrected chi connectivity index (χ1v) is 7.74. The van der Waals surface area contributed by atoms with Gasteiger partial charge < -0.3 is 15.0 Å². The number of hydrogen-bond donors (Lipinski definition) is 2. The number of phenolic OH excluding ortho intramolecular Hbond substituents is 1. The lowest BCUT2D eigenvalue weighted by Gasteiger charge is -2.32. The van der Waals surface area contributed by atoms with Gasteiger partial charge in [0.1, 0.15) is 11.4 Å². The number of carbonyl (C=O) groups excluding carboxylic acids is 1. The van der Waals surface area contributed by atoms with Crippen molar-refractivity contribution in [3.63, 3.8) is 0 Å². The molecule has 0 bridgehead atoms. The fourth-order valence-corrected chi connectivity index (χ4v) is 3.13. The van der Waals surface area contributed by atoms with Crippen molar-refractivity contribution in [2.24, 2.45) is 0 Å². The minimum absolute atomic E-state index is 0.0836. The molecule has 0 radical (unpaired) electrons. The zero-order valence-electron chi connectivity index (χ0n) is 12.9. The van der Waals surface area contributed by atoms with Crippen molar-refractivity contribution < 1.29 is 9.90 Å². The molecule has 0 saturated carbocycles. The van der Waals surface area contributed by atoms with Gasteiger partial charge in [0.15, 0.2) is 0 Å². The monoisotopic (exact) mass is 320 g/mol. The first kappa shape index (κ1) is 14.4. The molecule has 3 aromatic rings. The number of H-pyrrole nitrogens is 1. The summed E-state index contributed by atoms with van der Waals surface area (Å²) in [4.78, 5) is 26.2. The van der Waals surface area contributed by atoms with E-state index >= 15 is 0 Å². The molecule has 0 aliphatic carbocycles. The highest BCUT2D eigenvalue weighted by Gasteiger charge is 2.32. The van der Waals surface area contributed by atoms with Crippen molar-refractivity contribution in [3.8, 4) is 5.75 Å². The molecule has 1 aliphatic rings. The third-order valence-corrected chi connectivity index (χ3v) is 4.28. The second kappa shape index (κ2) is 5.81. The Morgan fingerprint density at radius 3 is 2.92 bits per heavy atom. The summed E-state index contributed by atoms with van der Waals surface area (Å²) in [7, 11) is 0. The summed E-state index contributed by atoms with van der Waals surface area (Å²) in [5.74, 6) is 0.0125. The largest absolute Gasteiger partial charge is 0.508 e. The molecular weight excluding hydrogens is 304 g/mol. The molecule has 0 saturated heterocycles. The molecule has 1 aromatic carbocycles. The van der Waals surface area contributed by atoms with Gasteiger partial charge in [0, 0.05) is 18.7 Å². The maximum Gasteiger partial charge on any atom is 0.272 e. The van der Waals surface area contributed by atoms with Gasteiger partial charge in [-0.1, -0.05) is 18.2 Å². The minimum Gasteiger partial charge on any atom is -0.508 e. The van der Waals surface area contributed by atoms with Gasteiger partial charge in [-0.25, -0.2) is 4.98 Å². The van der Waals surface area contributed by atoms with E-state index in [4.69, 9.17) is 0 Å². The van der Waals surface area contributed by atoms with Crippen molar-refractivity contribution >= 4 is 5.91 Å². The van der Waals surface area contributed by atoms with Crippen LogP contribution in [0, 0.1) is 0 Å². The second-order valence-corrected chi connectivity index (χ2v) is 5.81. The topological polar surface area (TPSA) is 82.1 Å². The number of amides is 1. The third kappa shape index (κ3) is 2.52. The van der Waals surface area contributed by atoms with Gasteiger partial charge in [-0.15, -0.1) is 0 Å². The number of rotatable bonds is 2. The predicted molar refractivity (Wildman–Crippen MR) is 87.5 cm³/mol. The third-order valence-electron chi connectivity index (χ3n) is 4.28. The van der Waals surface area contributed by atoms with E-state index in [0.29, 0.717) is 18.8 Å². The average Bonchev–Trinajstić information content (AvgIpc) is 3.09. The summed E-state index contributed by atoms with van der Waals surface area (Å²) in [6, 6.07) is 12.4. The number of aromatic hydroxyl groups is 1. The number of carbonyl (C=O) groups is 1. The Morgan fingerprint density at radius 2 is 2.12 bits per heavy atom. The van der Waals surface area contributed by atoms with Crippen molar-refractivity contribution in [1.29, 1.82) is 0 Å².